The van der Waals surface area contributed by atoms with Crippen LogP contribution in [-0.2, 0) is 6.42 Å². The quantitative estimate of drug-likeness (QED) is 0.708. The first kappa shape index (κ1) is 21.1. The van der Waals surface area contributed by atoms with Gasteiger partial charge in [-0.15, -0.1) is 0 Å². The van der Waals surface area contributed by atoms with Crippen LogP contribution >= 0.6 is 0 Å². The van der Waals surface area contributed by atoms with Crippen molar-refractivity contribution in [2.45, 2.75) is 76.5 Å². The predicted molar refractivity (Wildman–Crippen MR) is 124 cm³/mol. The SMILES string of the molecule is CC1(C)Cc2c(C(=O)NC3CCC(N4CCN(CC5CC5)CC4)CC3)ccc(N)c2O1. The molecule has 2 aliphatic carbocycles. The van der Waals surface area contributed by atoms with E-state index in [0.29, 0.717) is 17.5 Å². The van der Waals surface area contributed by atoms with E-state index in [-0.39, 0.29) is 17.6 Å². The summed E-state index contributed by atoms with van der Waals surface area (Å²) in [6, 6.07) is 4.62. The van der Waals surface area contributed by atoms with Gasteiger partial charge in [0.1, 0.15) is 11.4 Å². The monoisotopic (exact) mass is 426 g/mol. The summed E-state index contributed by atoms with van der Waals surface area (Å²) < 4.78 is 6.01. The number of hydrogen-bond acceptors (Lipinski definition) is 5. The highest BCUT2D eigenvalue weighted by Gasteiger charge is 2.36. The summed E-state index contributed by atoms with van der Waals surface area (Å²) in [7, 11) is 0. The average molecular weight is 427 g/mol. The highest BCUT2D eigenvalue weighted by molar-refractivity contribution is 5.97. The molecule has 1 aromatic carbocycles. The number of nitrogens with two attached hydrogens (primary N) is 1. The van der Waals surface area contributed by atoms with E-state index in [0.717, 1.165) is 36.3 Å². The maximum absolute atomic E-state index is 13.1. The van der Waals surface area contributed by atoms with Gasteiger partial charge in [0, 0.05) is 62.4 Å². The molecule has 1 saturated heterocycles. The molecule has 3 fully saturated rings. The van der Waals surface area contributed by atoms with Gasteiger partial charge in [-0.3, -0.25) is 9.69 Å². The number of nitrogen functional groups attached to an aromatic ring is 1. The van der Waals surface area contributed by atoms with E-state index in [2.05, 4.69) is 15.1 Å². The molecule has 5 rings (SSSR count). The van der Waals surface area contributed by atoms with Crippen LogP contribution in [0.1, 0.15) is 68.3 Å². The summed E-state index contributed by atoms with van der Waals surface area (Å²) in [5, 5.41) is 3.31. The summed E-state index contributed by atoms with van der Waals surface area (Å²) in [6.45, 7) is 10.3. The maximum Gasteiger partial charge on any atom is 0.251 e. The maximum atomic E-state index is 13.1. The summed E-state index contributed by atoms with van der Waals surface area (Å²) in [5.41, 5.74) is 8.10. The zero-order valence-corrected chi connectivity index (χ0v) is 19.2. The van der Waals surface area contributed by atoms with Gasteiger partial charge in [0.15, 0.2) is 0 Å². The largest absolute Gasteiger partial charge is 0.485 e. The molecule has 31 heavy (non-hydrogen) atoms. The van der Waals surface area contributed by atoms with Gasteiger partial charge in [-0.05, 0) is 70.4 Å². The summed E-state index contributed by atoms with van der Waals surface area (Å²) in [5.74, 6) is 1.71. The number of nitrogens with one attached hydrogen (secondary N) is 1. The smallest absolute Gasteiger partial charge is 0.251 e. The Hall–Kier alpha value is -1.79. The van der Waals surface area contributed by atoms with Crippen LogP contribution in [0.2, 0.25) is 0 Å². The molecule has 1 aromatic rings. The highest BCUT2D eigenvalue weighted by Crippen LogP contribution is 2.41. The predicted octanol–water partition coefficient (Wildman–Crippen LogP) is 3.05. The van der Waals surface area contributed by atoms with E-state index in [9.17, 15) is 4.79 Å². The van der Waals surface area contributed by atoms with Crippen molar-refractivity contribution in [1.82, 2.24) is 15.1 Å². The van der Waals surface area contributed by atoms with Crippen LogP contribution in [0.3, 0.4) is 0 Å². The van der Waals surface area contributed by atoms with E-state index in [1.807, 2.05) is 19.9 Å². The molecule has 0 aromatic heterocycles. The molecule has 4 aliphatic rings. The minimum atomic E-state index is -0.312. The first-order chi connectivity index (χ1) is 14.9. The van der Waals surface area contributed by atoms with Crippen LogP contribution in [0.25, 0.3) is 0 Å². The first-order valence-corrected chi connectivity index (χ1v) is 12.3. The molecule has 0 bridgehead atoms. The second-order valence-corrected chi connectivity index (χ2v) is 10.8. The molecule has 2 aliphatic heterocycles. The Morgan fingerprint density at radius 2 is 1.81 bits per heavy atom. The van der Waals surface area contributed by atoms with Gasteiger partial charge in [-0.25, -0.2) is 0 Å². The lowest BCUT2D eigenvalue weighted by molar-refractivity contribution is 0.0694. The van der Waals surface area contributed by atoms with Crippen molar-refractivity contribution < 1.29 is 9.53 Å². The van der Waals surface area contributed by atoms with Gasteiger partial charge in [0.2, 0.25) is 0 Å². The van der Waals surface area contributed by atoms with Crippen molar-refractivity contribution in [3.05, 3.63) is 23.3 Å². The Kier molecular flexibility index (Phi) is 5.63. The number of rotatable bonds is 5. The molecule has 0 atom stereocenters. The number of hydrogen-bond donors (Lipinski definition) is 2. The second-order valence-electron chi connectivity index (χ2n) is 10.8. The number of piperazine rings is 1. The van der Waals surface area contributed by atoms with Crippen molar-refractivity contribution in [2.24, 2.45) is 5.92 Å². The van der Waals surface area contributed by atoms with Crippen molar-refractivity contribution >= 4 is 11.6 Å². The Morgan fingerprint density at radius 1 is 1.10 bits per heavy atom. The fourth-order valence-corrected chi connectivity index (χ4v) is 5.72. The Bertz CT molecular complexity index is 819. The van der Waals surface area contributed by atoms with E-state index in [1.165, 1.54) is 58.4 Å². The third-order valence-electron chi connectivity index (χ3n) is 7.68. The Morgan fingerprint density at radius 3 is 2.48 bits per heavy atom. The molecular weight excluding hydrogens is 388 g/mol. The number of carbonyl (C=O) groups is 1. The van der Waals surface area contributed by atoms with Crippen LogP contribution < -0.4 is 15.8 Å². The third kappa shape index (κ3) is 4.70. The number of nitrogens with zero attached hydrogens (tertiary/aromatic N) is 2. The number of ether oxygens (including phenoxy) is 1. The van der Waals surface area contributed by atoms with E-state index >= 15 is 0 Å². The van der Waals surface area contributed by atoms with Crippen LogP contribution in [0, 0.1) is 5.92 Å². The molecule has 6 nitrogen and oxygen atoms in total. The second kappa shape index (κ2) is 8.28. The van der Waals surface area contributed by atoms with Crippen molar-refractivity contribution in [3.63, 3.8) is 0 Å². The molecule has 6 heteroatoms. The number of carbonyl (C=O) groups excluding carboxylic acids is 1. The van der Waals surface area contributed by atoms with E-state index in [1.54, 1.807) is 6.07 Å². The summed E-state index contributed by atoms with van der Waals surface area (Å²) in [4.78, 5) is 18.4. The van der Waals surface area contributed by atoms with Gasteiger partial charge in [0.25, 0.3) is 5.91 Å². The van der Waals surface area contributed by atoms with Gasteiger partial charge < -0.3 is 20.7 Å². The molecule has 0 spiro atoms. The van der Waals surface area contributed by atoms with Crippen LogP contribution in [-0.4, -0.2) is 66.1 Å². The number of benzene rings is 1. The molecule has 0 unspecified atom stereocenters. The Balaban J connectivity index is 1.12. The van der Waals surface area contributed by atoms with E-state index < -0.39 is 0 Å². The zero-order chi connectivity index (χ0) is 21.6. The molecule has 2 heterocycles. The lowest BCUT2D eigenvalue weighted by atomic mass is 9.89. The molecule has 1 amide bonds. The normalized spacial score (nSPS) is 28.7. The minimum Gasteiger partial charge on any atom is -0.485 e. The van der Waals surface area contributed by atoms with Crippen molar-refractivity contribution in [3.8, 4) is 5.75 Å². The van der Waals surface area contributed by atoms with Gasteiger partial charge in [0.05, 0.1) is 5.69 Å². The average Bonchev–Trinajstić information content (AvgIpc) is 3.49. The number of anilines is 1. The van der Waals surface area contributed by atoms with Crippen molar-refractivity contribution in [2.75, 3.05) is 38.5 Å². The standard InChI is InChI=1S/C25H38N4O2/c1-25(2)15-21-20(9-10-22(26)23(21)31-25)24(30)27-18-5-7-19(8-6-18)29-13-11-28(12-14-29)16-17-3-4-17/h9-10,17-19H,3-8,11-16,26H2,1-2H3,(H,27,30). The molecule has 2 saturated carbocycles. The van der Waals surface area contributed by atoms with Crippen LogP contribution in [0.5, 0.6) is 5.75 Å². The molecule has 0 radical (unpaired) electrons. The van der Waals surface area contributed by atoms with Crippen molar-refractivity contribution in [1.29, 1.82) is 0 Å². The fraction of sp³-hybridized carbons (Fsp3) is 0.720. The molecule has 170 valence electrons. The third-order valence-corrected chi connectivity index (χ3v) is 7.68. The van der Waals surface area contributed by atoms with Gasteiger partial charge in [-0.1, -0.05) is 0 Å². The molecule has 3 N–H and O–H groups in total. The lowest BCUT2D eigenvalue weighted by Gasteiger charge is -2.42. The number of fused-ring (bicyclic) bond motifs is 1. The highest BCUT2D eigenvalue weighted by atomic mass is 16.5. The fourth-order valence-electron chi connectivity index (χ4n) is 5.72. The van der Waals surface area contributed by atoms with Crippen LogP contribution in [0.4, 0.5) is 5.69 Å². The zero-order valence-electron chi connectivity index (χ0n) is 19.2. The van der Waals surface area contributed by atoms with Gasteiger partial charge in [-0.2, -0.15) is 0 Å². The summed E-state index contributed by atoms with van der Waals surface area (Å²) in [6.07, 6.45) is 8.11. The topological polar surface area (TPSA) is 70.8 Å². The summed E-state index contributed by atoms with van der Waals surface area (Å²) >= 11 is 0. The minimum absolute atomic E-state index is 0.0229. The number of amides is 1. The lowest BCUT2D eigenvalue weighted by Crippen LogP contribution is -2.52. The van der Waals surface area contributed by atoms with E-state index in [4.69, 9.17) is 10.5 Å². The van der Waals surface area contributed by atoms with Gasteiger partial charge >= 0.3 is 0 Å². The molecular formula is C25H38N4O2. The first-order valence-electron chi connectivity index (χ1n) is 12.3. The Labute approximate surface area is 186 Å². The van der Waals surface area contributed by atoms with Crippen LogP contribution in [0.15, 0.2) is 12.1 Å².